The van der Waals surface area contributed by atoms with E-state index in [1.54, 1.807) is 29.2 Å². The Bertz CT molecular complexity index is 1570. The van der Waals surface area contributed by atoms with Crippen molar-refractivity contribution in [3.8, 4) is 17.2 Å². The van der Waals surface area contributed by atoms with Gasteiger partial charge in [0.05, 0.1) is 12.2 Å². The van der Waals surface area contributed by atoms with E-state index in [1.807, 2.05) is 66.7 Å². The number of nitrogens with zero attached hydrogens (tertiary/aromatic N) is 1. The second-order valence-electron chi connectivity index (χ2n) is 11.3. The van der Waals surface area contributed by atoms with E-state index < -0.39 is 0 Å². The molecule has 0 bridgehead atoms. The average Bonchev–Trinajstić information content (AvgIpc) is 3.01. The smallest absolute Gasteiger partial charge is 0.265 e. The molecule has 0 aromatic heterocycles. The number of ether oxygens (including phenoxy) is 3. The van der Waals surface area contributed by atoms with Crippen molar-refractivity contribution in [1.82, 2.24) is 0 Å². The van der Waals surface area contributed by atoms with Crippen LogP contribution < -0.4 is 24.4 Å². The van der Waals surface area contributed by atoms with Gasteiger partial charge in [0.1, 0.15) is 30.5 Å². The van der Waals surface area contributed by atoms with Gasteiger partial charge in [0.2, 0.25) is 5.91 Å². The van der Waals surface area contributed by atoms with Gasteiger partial charge in [-0.15, -0.1) is 0 Å². The Balaban J connectivity index is 1.16. The Morgan fingerprint density at radius 1 is 0.907 bits per heavy atom. The van der Waals surface area contributed by atoms with Crippen LogP contribution in [0.5, 0.6) is 17.2 Å². The molecule has 43 heavy (non-hydrogen) atoms. The Kier molecular flexibility index (Phi) is 9.11. The Morgan fingerprint density at radius 3 is 2.33 bits per heavy atom. The molecule has 0 spiro atoms. The van der Waals surface area contributed by atoms with Crippen molar-refractivity contribution in [1.29, 1.82) is 0 Å². The first-order valence-electron chi connectivity index (χ1n) is 14.3. The van der Waals surface area contributed by atoms with Gasteiger partial charge < -0.3 is 24.4 Å². The highest BCUT2D eigenvalue weighted by molar-refractivity contribution is 6.03. The monoisotopic (exact) mass is 576 g/mol. The summed E-state index contributed by atoms with van der Waals surface area (Å²) in [5.41, 5.74) is 4.40. The van der Waals surface area contributed by atoms with Gasteiger partial charge in [0, 0.05) is 11.8 Å². The predicted molar refractivity (Wildman–Crippen MR) is 170 cm³/mol. The Labute approximate surface area is 252 Å². The second kappa shape index (κ2) is 13.3. The van der Waals surface area contributed by atoms with Gasteiger partial charge >= 0.3 is 0 Å². The molecule has 0 radical (unpaired) electrons. The third kappa shape index (κ3) is 8.04. The fourth-order valence-electron chi connectivity index (χ4n) is 4.60. The molecule has 4 aromatic carbocycles. The van der Waals surface area contributed by atoms with Crippen LogP contribution in [0, 0.1) is 0 Å². The van der Waals surface area contributed by atoms with Gasteiger partial charge in [0.15, 0.2) is 6.61 Å². The molecule has 0 aliphatic carbocycles. The molecular formula is C36H36N2O5. The third-order valence-electron chi connectivity index (χ3n) is 7.03. The van der Waals surface area contributed by atoms with E-state index in [-0.39, 0.29) is 23.8 Å². The minimum atomic E-state index is -0.291. The van der Waals surface area contributed by atoms with Crippen LogP contribution in [0.25, 0.3) is 6.08 Å². The zero-order chi connectivity index (χ0) is 30.2. The lowest BCUT2D eigenvalue weighted by atomic mass is 9.87. The number of amides is 2. The molecule has 1 heterocycles. The molecule has 4 aromatic rings. The lowest BCUT2D eigenvalue weighted by Crippen LogP contribution is -2.41. The van der Waals surface area contributed by atoms with Gasteiger partial charge in [-0.25, -0.2) is 0 Å². The molecule has 1 N–H and O–H groups in total. The summed E-state index contributed by atoms with van der Waals surface area (Å²) in [5, 5.41) is 2.87. The molecule has 0 fully saturated rings. The molecule has 2 amide bonds. The van der Waals surface area contributed by atoms with E-state index in [1.165, 1.54) is 11.6 Å². The summed E-state index contributed by atoms with van der Waals surface area (Å²) in [6.07, 6.45) is 3.20. The highest BCUT2D eigenvalue weighted by Crippen LogP contribution is 2.34. The number of carbonyl (C=O) groups excluding carboxylic acids is 2. The van der Waals surface area contributed by atoms with Crippen LogP contribution in [0.2, 0.25) is 0 Å². The largest absolute Gasteiger partial charge is 0.492 e. The van der Waals surface area contributed by atoms with Gasteiger partial charge in [-0.3, -0.25) is 9.59 Å². The molecule has 1 aliphatic heterocycles. The van der Waals surface area contributed by atoms with E-state index in [4.69, 9.17) is 14.2 Å². The molecular weight excluding hydrogens is 540 g/mol. The molecule has 7 nitrogen and oxygen atoms in total. The van der Waals surface area contributed by atoms with Gasteiger partial charge in [-0.1, -0.05) is 75.4 Å². The Morgan fingerprint density at radius 2 is 1.60 bits per heavy atom. The van der Waals surface area contributed by atoms with E-state index in [0.717, 1.165) is 22.6 Å². The maximum absolute atomic E-state index is 12.7. The minimum Gasteiger partial charge on any atom is -0.492 e. The summed E-state index contributed by atoms with van der Waals surface area (Å²) in [6, 6.07) is 30.8. The number of fused-ring (bicyclic) bond motifs is 1. The van der Waals surface area contributed by atoms with Crippen molar-refractivity contribution in [2.75, 3.05) is 30.0 Å². The topological polar surface area (TPSA) is 77.1 Å². The molecule has 0 atom stereocenters. The second-order valence-corrected chi connectivity index (χ2v) is 11.3. The number of benzene rings is 4. The maximum Gasteiger partial charge on any atom is 0.265 e. The van der Waals surface area contributed by atoms with E-state index in [2.05, 4.69) is 38.2 Å². The zero-order valence-corrected chi connectivity index (χ0v) is 24.7. The first kappa shape index (κ1) is 29.5. The Hall–Kier alpha value is -5.04. The van der Waals surface area contributed by atoms with Crippen molar-refractivity contribution >= 4 is 29.3 Å². The number of nitrogens with one attached hydrogen (secondary N) is 1. The molecule has 220 valence electrons. The summed E-state index contributed by atoms with van der Waals surface area (Å²) >= 11 is 0. The van der Waals surface area contributed by atoms with E-state index in [9.17, 15) is 9.59 Å². The van der Waals surface area contributed by atoms with Crippen molar-refractivity contribution < 1.29 is 23.8 Å². The summed E-state index contributed by atoms with van der Waals surface area (Å²) in [4.78, 5) is 27.0. The minimum absolute atomic E-state index is 0.0438. The standard InChI is InChI=1S/C36H36N2O5/c1-36(2,3)28-12-17-30(18-13-28)41-22-21-38-32-23-29(14-19-33(32)43-25-35(38)40)37-34(39)20-11-26-9-15-31(16-10-26)42-24-27-7-5-4-6-8-27/h4-20,23H,21-22,24-25H2,1-3H3,(H,37,39)/b20-11+. The maximum atomic E-state index is 12.7. The first-order chi connectivity index (χ1) is 20.7. The molecule has 0 unspecified atom stereocenters. The van der Waals surface area contributed by atoms with Crippen molar-refractivity contribution in [3.63, 3.8) is 0 Å². The number of hydrogen-bond acceptors (Lipinski definition) is 5. The molecule has 0 saturated carbocycles. The summed E-state index contributed by atoms with van der Waals surface area (Å²) in [6.45, 7) is 7.61. The molecule has 7 heteroatoms. The van der Waals surface area contributed by atoms with Crippen LogP contribution in [0.4, 0.5) is 11.4 Å². The summed E-state index contributed by atoms with van der Waals surface area (Å²) < 4.78 is 17.4. The number of hydrogen-bond donors (Lipinski definition) is 1. The van der Waals surface area contributed by atoms with Gasteiger partial charge in [-0.05, 0) is 70.6 Å². The predicted octanol–water partition coefficient (Wildman–Crippen LogP) is 7.02. The van der Waals surface area contributed by atoms with E-state index in [0.29, 0.717) is 36.9 Å². The van der Waals surface area contributed by atoms with Crippen LogP contribution in [0.3, 0.4) is 0 Å². The van der Waals surface area contributed by atoms with Crippen LogP contribution >= 0.6 is 0 Å². The quantitative estimate of drug-likeness (QED) is 0.205. The van der Waals surface area contributed by atoms with Crippen LogP contribution in [-0.2, 0) is 21.6 Å². The normalized spacial score (nSPS) is 12.9. The average molecular weight is 577 g/mol. The number of rotatable bonds is 10. The molecule has 5 rings (SSSR count). The van der Waals surface area contributed by atoms with Gasteiger partial charge in [-0.2, -0.15) is 0 Å². The highest BCUT2D eigenvalue weighted by atomic mass is 16.5. The van der Waals surface area contributed by atoms with E-state index >= 15 is 0 Å². The van der Waals surface area contributed by atoms with Crippen molar-refractivity contribution in [2.24, 2.45) is 0 Å². The summed E-state index contributed by atoms with van der Waals surface area (Å²) in [5.74, 6) is 1.62. The lowest BCUT2D eigenvalue weighted by Gasteiger charge is -2.29. The highest BCUT2D eigenvalue weighted by Gasteiger charge is 2.26. The third-order valence-corrected chi connectivity index (χ3v) is 7.03. The SMILES string of the molecule is CC(C)(C)c1ccc(OCCN2C(=O)COc3ccc(NC(=O)/C=C/c4ccc(OCc5ccccc5)cc4)cc32)cc1. The van der Waals surface area contributed by atoms with Crippen LogP contribution in [-0.4, -0.2) is 31.6 Å². The fourth-order valence-corrected chi connectivity index (χ4v) is 4.60. The lowest BCUT2D eigenvalue weighted by molar-refractivity contribution is -0.121. The summed E-state index contributed by atoms with van der Waals surface area (Å²) in [7, 11) is 0. The first-order valence-corrected chi connectivity index (χ1v) is 14.3. The molecule has 0 saturated heterocycles. The van der Waals surface area contributed by atoms with Crippen LogP contribution in [0.1, 0.15) is 37.5 Å². The van der Waals surface area contributed by atoms with Crippen molar-refractivity contribution in [2.45, 2.75) is 32.8 Å². The number of carbonyl (C=O) groups is 2. The zero-order valence-electron chi connectivity index (χ0n) is 24.7. The number of anilines is 2. The molecule has 1 aliphatic rings. The van der Waals surface area contributed by atoms with Gasteiger partial charge in [0.25, 0.3) is 5.91 Å². The van der Waals surface area contributed by atoms with Crippen molar-refractivity contribution in [3.05, 3.63) is 120 Å². The van der Waals surface area contributed by atoms with Crippen LogP contribution in [0.15, 0.2) is 103 Å². The fraction of sp³-hybridized carbons (Fsp3) is 0.222.